The summed E-state index contributed by atoms with van der Waals surface area (Å²) >= 11 is 0. The summed E-state index contributed by atoms with van der Waals surface area (Å²) in [5.41, 5.74) is 3.65. The van der Waals surface area contributed by atoms with E-state index in [-0.39, 0.29) is 37.3 Å². The Labute approximate surface area is 193 Å². The monoisotopic (exact) mass is 450 g/mol. The largest absolute Gasteiger partial charge is 0.481 e. The first kappa shape index (κ1) is 22.8. The number of carbonyl (C=O) groups excluding carboxylic acids is 2. The minimum atomic E-state index is -0.945. The van der Waals surface area contributed by atoms with E-state index in [1.165, 1.54) is 0 Å². The molecule has 1 saturated heterocycles. The molecule has 2 aromatic carbocycles. The number of carboxylic acid groups (broad SMARTS) is 1. The Kier molecular flexibility index (Phi) is 6.15. The highest BCUT2D eigenvalue weighted by molar-refractivity contribution is 5.82. The molecule has 174 valence electrons. The molecule has 1 unspecified atom stereocenters. The van der Waals surface area contributed by atoms with Gasteiger partial charge in [-0.05, 0) is 42.0 Å². The number of nitrogens with zero attached hydrogens (tertiary/aromatic N) is 1. The molecule has 7 nitrogen and oxygen atoms in total. The van der Waals surface area contributed by atoms with Crippen molar-refractivity contribution in [3.8, 4) is 11.1 Å². The fourth-order valence-corrected chi connectivity index (χ4v) is 4.90. The zero-order valence-electron chi connectivity index (χ0n) is 19.2. The molecule has 0 bridgehead atoms. The number of carbonyl (C=O) groups is 3. The van der Waals surface area contributed by atoms with Gasteiger partial charge in [-0.15, -0.1) is 0 Å². The van der Waals surface area contributed by atoms with Crippen LogP contribution in [0.2, 0.25) is 0 Å². The third kappa shape index (κ3) is 4.32. The molecule has 0 aromatic heterocycles. The number of hydrogen-bond acceptors (Lipinski definition) is 4. The first-order chi connectivity index (χ1) is 15.7. The number of alkyl carbamates (subject to hydrolysis) is 1. The summed E-state index contributed by atoms with van der Waals surface area (Å²) in [5, 5.41) is 12.2. The van der Waals surface area contributed by atoms with Crippen molar-refractivity contribution in [1.82, 2.24) is 10.2 Å². The summed E-state index contributed by atoms with van der Waals surface area (Å²) in [6, 6.07) is 15.8. The van der Waals surface area contributed by atoms with Crippen LogP contribution in [0, 0.1) is 11.3 Å². The predicted octanol–water partition coefficient (Wildman–Crippen LogP) is 3.87. The smallest absolute Gasteiger partial charge is 0.407 e. The van der Waals surface area contributed by atoms with Crippen LogP contribution in [0.5, 0.6) is 0 Å². The van der Waals surface area contributed by atoms with E-state index in [1.54, 1.807) is 18.7 Å². The zero-order chi connectivity index (χ0) is 23.8. The van der Waals surface area contributed by atoms with Crippen molar-refractivity contribution >= 4 is 18.0 Å². The van der Waals surface area contributed by atoms with Gasteiger partial charge in [0.25, 0.3) is 0 Å². The normalized spacial score (nSPS) is 22.4. The number of hydrogen-bond donors (Lipinski definition) is 2. The van der Waals surface area contributed by atoms with Crippen molar-refractivity contribution in [2.45, 2.75) is 39.2 Å². The van der Waals surface area contributed by atoms with E-state index in [2.05, 4.69) is 29.6 Å². The lowest BCUT2D eigenvalue weighted by Gasteiger charge is -2.23. The molecular weight excluding hydrogens is 420 g/mol. The Morgan fingerprint density at radius 3 is 2.24 bits per heavy atom. The van der Waals surface area contributed by atoms with Crippen molar-refractivity contribution in [2.75, 3.05) is 19.7 Å². The van der Waals surface area contributed by atoms with Gasteiger partial charge in [0, 0.05) is 31.5 Å². The molecule has 7 heteroatoms. The molecule has 33 heavy (non-hydrogen) atoms. The van der Waals surface area contributed by atoms with Crippen molar-refractivity contribution < 1.29 is 24.2 Å². The van der Waals surface area contributed by atoms with Crippen LogP contribution in [0.4, 0.5) is 4.79 Å². The highest BCUT2D eigenvalue weighted by Crippen LogP contribution is 2.44. The van der Waals surface area contributed by atoms with E-state index in [4.69, 9.17) is 4.74 Å². The van der Waals surface area contributed by atoms with Crippen molar-refractivity contribution in [3.63, 3.8) is 0 Å². The molecular formula is C26H30N2O5. The molecule has 0 spiro atoms. The van der Waals surface area contributed by atoms with Crippen LogP contribution < -0.4 is 5.32 Å². The summed E-state index contributed by atoms with van der Waals surface area (Å²) in [5.74, 6) is -1.22. The first-order valence-electron chi connectivity index (χ1n) is 11.3. The number of amides is 2. The number of nitrogens with one attached hydrogen (secondary N) is 1. The van der Waals surface area contributed by atoms with Crippen LogP contribution in [0.15, 0.2) is 48.5 Å². The highest BCUT2D eigenvalue weighted by Gasteiger charge is 2.47. The molecule has 4 rings (SSSR count). The van der Waals surface area contributed by atoms with Gasteiger partial charge in [-0.2, -0.15) is 0 Å². The number of ether oxygens (including phenoxy) is 1. The van der Waals surface area contributed by atoms with Gasteiger partial charge >= 0.3 is 12.1 Å². The van der Waals surface area contributed by atoms with E-state index in [1.807, 2.05) is 31.2 Å². The molecule has 0 radical (unpaired) electrons. The Morgan fingerprint density at radius 1 is 1.12 bits per heavy atom. The maximum atomic E-state index is 12.7. The molecule has 2 aromatic rings. The Hall–Kier alpha value is -3.35. The summed E-state index contributed by atoms with van der Waals surface area (Å²) in [4.78, 5) is 38.3. The van der Waals surface area contributed by atoms with Gasteiger partial charge in [0.2, 0.25) is 5.91 Å². The van der Waals surface area contributed by atoms with Crippen LogP contribution in [-0.2, 0) is 14.3 Å². The molecule has 1 fully saturated rings. The summed E-state index contributed by atoms with van der Waals surface area (Å²) in [6.45, 7) is 6.06. The minimum absolute atomic E-state index is 0.0279. The number of carboxylic acids is 1. The molecule has 2 aliphatic rings. The minimum Gasteiger partial charge on any atom is -0.481 e. The van der Waals surface area contributed by atoms with Gasteiger partial charge in [0.15, 0.2) is 0 Å². The predicted molar refractivity (Wildman–Crippen MR) is 124 cm³/mol. The second-order valence-electron chi connectivity index (χ2n) is 9.47. The van der Waals surface area contributed by atoms with Crippen LogP contribution in [0.3, 0.4) is 0 Å². The molecule has 2 N–H and O–H groups in total. The van der Waals surface area contributed by atoms with Gasteiger partial charge in [0.1, 0.15) is 6.61 Å². The van der Waals surface area contributed by atoms with E-state index in [9.17, 15) is 19.5 Å². The van der Waals surface area contributed by atoms with E-state index < -0.39 is 23.5 Å². The van der Waals surface area contributed by atoms with Crippen molar-refractivity contribution in [2.24, 2.45) is 11.3 Å². The Morgan fingerprint density at radius 2 is 1.70 bits per heavy atom. The molecule has 2 amide bonds. The Balaban J connectivity index is 1.31. The molecule has 1 aliphatic heterocycles. The SMILES string of the molecule is CC(CC(=O)N1C[C@H](C)[C@@](C)(C(=O)O)C1)NC(=O)OCC1c2ccccc2-c2ccccc21. The topological polar surface area (TPSA) is 95.9 Å². The van der Waals surface area contributed by atoms with Crippen LogP contribution >= 0.6 is 0 Å². The average Bonchev–Trinajstić information content (AvgIpc) is 3.27. The fourth-order valence-electron chi connectivity index (χ4n) is 4.90. The first-order valence-corrected chi connectivity index (χ1v) is 11.3. The van der Waals surface area contributed by atoms with E-state index in [0.717, 1.165) is 22.3 Å². The maximum Gasteiger partial charge on any atom is 0.407 e. The van der Waals surface area contributed by atoms with Crippen LogP contribution in [-0.4, -0.2) is 53.7 Å². The van der Waals surface area contributed by atoms with Gasteiger partial charge in [-0.3, -0.25) is 9.59 Å². The van der Waals surface area contributed by atoms with Crippen LogP contribution in [0.1, 0.15) is 44.2 Å². The molecule has 0 saturated carbocycles. The lowest BCUT2D eigenvalue weighted by molar-refractivity contribution is -0.149. The quantitative estimate of drug-likeness (QED) is 0.697. The molecule has 3 atom stereocenters. The van der Waals surface area contributed by atoms with Crippen LogP contribution in [0.25, 0.3) is 11.1 Å². The van der Waals surface area contributed by atoms with Gasteiger partial charge in [0.05, 0.1) is 5.41 Å². The lowest BCUT2D eigenvalue weighted by atomic mass is 9.81. The van der Waals surface area contributed by atoms with Crippen molar-refractivity contribution in [3.05, 3.63) is 59.7 Å². The molecule has 1 heterocycles. The van der Waals surface area contributed by atoms with E-state index >= 15 is 0 Å². The highest BCUT2D eigenvalue weighted by atomic mass is 16.5. The lowest BCUT2D eigenvalue weighted by Crippen LogP contribution is -2.40. The number of aliphatic carboxylic acids is 1. The number of rotatable bonds is 6. The second-order valence-corrected chi connectivity index (χ2v) is 9.47. The van der Waals surface area contributed by atoms with Gasteiger partial charge in [-0.25, -0.2) is 4.79 Å². The summed E-state index contributed by atoms with van der Waals surface area (Å²) in [7, 11) is 0. The molecule has 1 aliphatic carbocycles. The van der Waals surface area contributed by atoms with Gasteiger partial charge in [-0.1, -0.05) is 55.5 Å². The average molecular weight is 451 g/mol. The summed E-state index contributed by atoms with van der Waals surface area (Å²) in [6.07, 6.45) is -0.477. The second kappa shape index (κ2) is 8.89. The number of fused-ring (bicyclic) bond motifs is 3. The number of benzene rings is 2. The van der Waals surface area contributed by atoms with E-state index in [0.29, 0.717) is 6.54 Å². The Bertz CT molecular complexity index is 1040. The maximum absolute atomic E-state index is 12.7. The van der Waals surface area contributed by atoms with Gasteiger partial charge < -0.3 is 20.1 Å². The standard InChI is InChI=1S/C26H30N2O5/c1-16-13-28(15-26(16,3)24(30)31)23(29)12-17(2)27-25(32)33-14-22-20-10-6-4-8-18(20)19-9-5-7-11-21(19)22/h4-11,16-17,22H,12-15H2,1-3H3,(H,27,32)(H,30,31)/t16-,17?,26-/m0/s1. The third-order valence-corrected chi connectivity index (χ3v) is 7.13. The zero-order valence-corrected chi connectivity index (χ0v) is 19.2. The van der Waals surface area contributed by atoms with Crippen molar-refractivity contribution in [1.29, 1.82) is 0 Å². The third-order valence-electron chi connectivity index (χ3n) is 7.13. The summed E-state index contributed by atoms with van der Waals surface area (Å²) < 4.78 is 5.55. The fraction of sp³-hybridized carbons (Fsp3) is 0.423. The number of likely N-dealkylation sites (tertiary alicyclic amines) is 1.